The van der Waals surface area contributed by atoms with Gasteiger partial charge in [-0.15, -0.1) is 22.9 Å². The Balaban J connectivity index is 2.22. The normalized spacial score (nSPS) is 13.2. The Kier molecular flexibility index (Phi) is 7.09. The Morgan fingerprint density at radius 3 is 2.88 bits per heavy atom. The maximum Gasteiger partial charge on any atom is 0.0929 e. The van der Waals surface area contributed by atoms with E-state index in [1.165, 1.54) is 24.3 Å². The molecule has 1 unspecified atom stereocenters. The molecule has 17 heavy (non-hydrogen) atoms. The van der Waals surface area contributed by atoms with E-state index in [1.54, 1.807) is 11.3 Å². The summed E-state index contributed by atoms with van der Waals surface area (Å²) in [6.45, 7) is 5.70. The maximum atomic E-state index is 5.74. The molecular formula is C13H23ClN2S. The van der Waals surface area contributed by atoms with E-state index in [-0.39, 0.29) is 0 Å². The summed E-state index contributed by atoms with van der Waals surface area (Å²) in [5, 5.41) is 3.28. The average Bonchev–Trinajstić information content (AvgIpc) is 2.77. The molecule has 0 aliphatic rings. The summed E-state index contributed by atoms with van der Waals surface area (Å²) in [5.41, 5.74) is 1.01. The second kappa shape index (κ2) is 8.06. The van der Waals surface area contributed by atoms with Crippen LogP contribution in [0.5, 0.6) is 0 Å². The van der Waals surface area contributed by atoms with Crippen LogP contribution in [-0.4, -0.2) is 29.5 Å². The zero-order valence-electron chi connectivity index (χ0n) is 11.1. The van der Waals surface area contributed by atoms with Gasteiger partial charge in [0.15, 0.2) is 0 Å². The molecule has 1 atom stereocenters. The summed E-state index contributed by atoms with van der Waals surface area (Å²) in [7, 11) is 2.21. The maximum absolute atomic E-state index is 5.74. The van der Waals surface area contributed by atoms with Gasteiger partial charge in [0.1, 0.15) is 0 Å². The predicted molar refractivity (Wildman–Crippen MR) is 77.0 cm³/mol. The lowest BCUT2D eigenvalue weighted by molar-refractivity contribution is 0.242. The second-order valence-corrected chi connectivity index (χ2v) is 5.80. The summed E-state index contributed by atoms with van der Waals surface area (Å²) >= 11 is 7.47. The Bertz CT molecular complexity index is 314. The zero-order valence-corrected chi connectivity index (χ0v) is 12.7. The van der Waals surface area contributed by atoms with Crippen molar-refractivity contribution in [1.29, 1.82) is 0 Å². The minimum atomic E-state index is 0.532. The molecule has 0 saturated heterocycles. The highest BCUT2D eigenvalue weighted by Crippen LogP contribution is 2.14. The van der Waals surface area contributed by atoms with Gasteiger partial charge in [0, 0.05) is 17.8 Å². The second-order valence-electron chi connectivity index (χ2n) is 4.59. The molecule has 0 N–H and O–H groups in total. The van der Waals surface area contributed by atoms with Crippen LogP contribution in [0.15, 0.2) is 5.38 Å². The number of halogens is 1. The van der Waals surface area contributed by atoms with Gasteiger partial charge in [0.05, 0.1) is 16.6 Å². The van der Waals surface area contributed by atoms with Gasteiger partial charge in [-0.3, -0.25) is 0 Å². The number of alkyl halides is 1. The van der Waals surface area contributed by atoms with Crippen molar-refractivity contribution in [2.75, 3.05) is 13.6 Å². The number of aromatic nitrogens is 1. The van der Waals surface area contributed by atoms with E-state index in [0.717, 1.165) is 18.7 Å². The van der Waals surface area contributed by atoms with Crippen LogP contribution in [0.25, 0.3) is 0 Å². The number of hydrogen-bond donors (Lipinski definition) is 0. The van der Waals surface area contributed by atoms with E-state index in [4.69, 9.17) is 11.6 Å². The van der Waals surface area contributed by atoms with Gasteiger partial charge in [-0.05, 0) is 33.4 Å². The van der Waals surface area contributed by atoms with Crippen LogP contribution in [0.4, 0.5) is 0 Å². The first kappa shape index (κ1) is 14.9. The Labute approximate surface area is 114 Å². The number of nitrogens with zero attached hydrogens (tertiary/aromatic N) is 2. The van der Waals surface area contributed by atoms with Crippen molar-refractivity contribution in [2.45, 2.75) is 51.5 Å². The molecule has 1 aromatic rings. The summed E-state index contributed by atoms with van der Waals surface area (Å²) < 4.78 is 0. The monoisotopic (exact) mass is 274 g/mol. The molecule has 0 aliphatic heterocycles. The standard InChI is InChI=1S/C13H23ClN2S/c1-4-6-11(2)16(3)8-5-7-13-15-12(9-14)10-17-13/h10-11H,4-9H2,1-3H3. The zero-order chi connectivity index (χ0) is 12.7. The Hall–Kier alpha value is -0.120. The smallest absolute Gasteiger partial charge is 0.0929 e. The van der Waals surface area contributed by atoms with Crippen LogP contribution >= 0.6 is 22.9 Å². The van der Waals surface area contributed by atoms with Gasteiger partial charge in [0.25, 0.3) is 0 Å². The number of hydrogen-bond acceptors (Lipinski definition) is 3. The molecule has 0 aromatic carbocycles. The molecular weight excluding hydrogens is 252 g/mol. The van der Waals surface area contributed by atoms with Crippen LogP contribution < -0.4 is 0 Å². The average molecular weight is 275 g/mol. The molecule has 0 saturated carbocycles. The van der Waals surface area contributed by atoms with Crippen molar-refractivity contribution < 1.29 is 0 Å². The lowest BCUT2D eigenvalue weighted by Gasteiger charge is -2.23. The van der Waals surface area contributed by atoms with Crippen molar-refractivity contribution in [3.05, 3.63) is 16.1 Å². The highest BCUT2D eigenvalue weighted by molar-refractivity contribution is 7.09. The van der Waals surface area contributed by atoms with E-state index >= 15 is 0 Å². The van der Waals surface area contributed by atoms with Gasteiger partial charge in [-0.1, -0.05) is 13.3 Å². The van der Waals surface area contributed by atoms with Crippen LogP contribution in [0.3, 0.4) is 0 Å². The fourth-order valence-electron chi connectivity index (χ4n) is 1.86. The molecule has 4 heteroatoms. The molecule has 1 heterocycles. The van der Waals surface area contributed by atoms with Crippen molar-refractivity contribution in [2.24, 2.45) is 0 Å². The fourth-order valence-corrected chi connectivity index (χ4v) is 2.93. The van der Waals surface area contributed by atoms with Gasteiger partial charge in [0.2, 0.25) is 0 Å². The highest BCUT2D eigenvalue weighted by atomic mass is 35.5. The topological polar surface area (TPSA) is 16.1 Å². The van der Waals surface area contributed by atoms with Crippen LogP contribution in [0.1, 0.15) is 43.8 Å². The third-order valence-electron chi connectivity index (χ3n) is 3.10. The lowest BCUT2D eigenvalue weighted by Crippen LogP contribution is -2.30. The molecule has 1 rings (SSSR count). The first-order chi connectivity index (χ1) is 8.17. The summed E-state index contributed by atoms with van der Waals surface area (Å²) in [6, 6.07) is 0.690. The Morgan fingerprint density at radius 2 is 2.29 bits per heavy atom. The van der Waals surface area contributed by atoms with Crippen molar-refractivity contribution in [3.8, 4) is 0 Å². The van der Waals surface area contributed by atoms with Gasteiger partial charge in [-0.25, -0.2) is 4.98 Å². The quantitative estimate of drug-likeness (QED) is 0.668. The molecule has 0 aliphatic carbocycles. The molecule has 0 amide bonds. The first-order valence-corrected chi connectivity index (χ1v) is 7.78. The third-order valence-corrected chi connectivity index (χ3v) is 4.33. The molecule has 0 spiro atoms. The van der Waals surface area contributed by atoms with Gasteiger partial charge >= 0.3 is 0 Å². The summed E-state index contributed by atoms with van der Waals surface area (Å²) in [4.78, 5) is 6.92. The van der Waals surface area contributed by atoms with E-state index in [1.807, 2.05) is 0 Å². The van der Waals surface area contributed by atoms with E-state index in [0.29, 0.717) is 11.9 Å². The Morgan fingerprint density at radius 1 is 1.53 bits per heavy atom. The number of thiazole rings is 1. The molecule has 0 bridgehead atoms. The molecule has 0 radical (unpaired) electrons. The SMILES string of the molecule is CCCC(C)N(C)CCCc1nc(CCl)cs1. The van der Waals surface area contributed by atoms with Crippen molar-refractivity contribution in [1.82, 2.24) is 9.88 Å². The number of aryl methyl sites for hydroxylation is 1. The van der Waals surface area contributed by atoms with E-state index in [2.05, 4.69) is 36.2 Å². The highest BCUT2D eigenvalue weighted by Gasteiger charge is 2.08. The van der Waals surface area contributed by atoms with Crippen LogP contribution in [-0.2, 0) is 12.3 Å². The lowest BCUT2D eigenvalue weighted by atomic mass is 10.1. The van der Waals surface area contributed by atoms with Gasteiger partial charge in [-0.2, -0.15) is 0 Å². The van der Waals surface area contributed by atoms with Crippen LogP contribution in [0, 0.1) is 0 Å². The number of rotatable bonds is 8. The van der Waals surface area contributed by atoms with E-state index in [9.17, 15) is 0 Å². The van der Waals surface area contributed by atoms with Gasteiger partial charge < -0.3 is 4.90 Å². The molecule has 98 valence electrons. The fraction of sp³-hybridized carbons (Fsp3) is 0.769. The van der Waals surface area contributed by atoms with Crippen LogP contribution in [0.2, 0.25) is 0 Å². The molecule has 2 nitrogen and oxygen atoms in total. The van der Waals surface area contributed by atoms with Crippen molar-refractivity contribution in [3.63, 3.8) is 0 Å². The largest absolute Gasteiger partial charge is 0.304 e. The summed E-state index contributed by atoms with van der Waals surface area (Å²) in [5.74, 6) is 0.532. The third kappa shape index (κ3) is 5.36. The predicted octanol–water partition coefficient (Wildman–Crippen LogP) is 3.93. The summed E-state index contributed by atoms with van der Waals surface area (Å²) in [6.07, 6.45) is 4.80. The van der Waals surface area contributed by atoms with Crippen molar-refractivity contribution >= 4 is 22.9 Å². The first-order valence-electron chi connectivity index (χ1n) is 6.36. The minimum absolute atomic E-state index is 0.532. The minimum Gasteiger partial charge on any atom is -0.304 e. The molecule has 1 aromatic heterocycles. The van der Waals surface area contributed by atoms with E-state index < -0.39 is 0 Å². The molecule has 0 fully saturated rings.